The average molecular weight is 363 g/mol. The molecular weight excluding hydrogens is 342 g/mol. The van der Waals surface area contributed by atoms with Gasteiger partial charge < -0.3 is 19.9 Å². The van der Waals surface area contributed by atoms with E-state index in [1.54, 1.807) is 24.3 Å². The Bertz CT molecular complexity index is 573. The van der Waals surface area contributed by atoms with Crippen molar-refractivity contribution in [1.82, 2.24) is 0 Å². The van der Waals surface area contributed by atoms with Crippen LogP contribution < -0.4 is 5.73 Å². The molecule has 7 nitrogen and oxygen atoms in total. The van der Waals surface area contributed by atoms with Crippen LogP contribution >= 0.6 is 10.8 Å². The minimum absolute atomic E-state index is 0.146. The Morgan fingerprint density at radius 2 is 1.61 bits per heavy atom. The Hall–Kier alpha value is -1.29. The van der Waals surface area contributed by atoms with Gasteiger partial charge in [0, 0.05) is 17.7 Å². The van der Waals surface area contributed by atoms with Gasteiger partial charge in [0.2, 0.25) is 0 Å². The minimum Gasteiger partial charge on any atom is -0.460 e. The zero-order valence-corrected chi connectivity index (χ0v) is 14.5. The second-order valence-corrected chi connectivity index (χ2v) is 9.08. The van der Waals surface area contributed by atoms with Gasteiger partial charge in [-0.3, -0.25) is 0 Å². The number of benzene rings is 1. The van der Waals surface area contributed by atoms with Gasteiger partial charge in [0.25, 0.3) is 0 Å². The summed E-state index contributed by atoms with van der Waals surface area (Å²) in [4.78, 5) is 11.6. The van der Waals surface area contributed by atoms with Crippen LogP contribution in [0.3, 0.4) is 0 Å². The highest BCUT2D eigenvalue weighted by molar-refractivity contribution is 8.71. The van der Waals surface area contributed by atoms with E-state index in [1.807, 2.05) is 0 Å². The topological polar surface area (TPSA) is 105 Å². The molecule has 0 aliphatic carbocycles. The number of hydrogen-bond donors (Lipinski definition) is 1. The molecule has 0 aliphatic heterocycles. The van der Waals surface area contributed by atoms with Crippen molar-refractivity contribution >= 4 is 31.3 Å². The number of ether oxygens (including phenoxy) is 3. The Balaban J connectivity index is 1.97. The highest BCUT2D eigenvalue weighted by Crippen LogP contribution is 2.08. The maximum Gasteiger partial charge on any atom is 0.338 e. The van der Waals surface area contributed by atoms with Gasteiger partial charge in [-0.25, -0.2) is 13.2 Å². The Kier molecular flexibility index (Phi) is 9.00. The van der Waals surface area contributed by atoms with Crippen molar-refractivity contribution in [2.24, 2.45) is 0 Å². The fraction of sp³-hybridized carbons (Fsp3) is 0.500. The van der Waals surface area contributed by atoms with E-state index in [1.165, 1.54) is 0 Å². The maximum absolute atomic E-state index is 11.6. The molecule has 130 valence electrons. The first-order valence-electron chi connectivity index (χ1n) is 6.91. The molecule has 9 heteroatoms. The third-order valence-electron chi connectivity index (χ3n) is 2.50. The summed E-state index contributed by atoms with van der Waals surface area (Å²) in [5.74, 6) is -0.0412. The van der Waals surface area contributed by atoms with Crippen LogP contribution in [0.15, 0.2) is 24.3 Å². The molecule has 23 heavy (non-hydrogen) atoms. The number of carbonyl (C=O) groups is 1. The quantitative estimate of drug-likeness (QED) is 0.270. The van der Waals surface area contributed by atoms with E-state index in [0.717, 1.165) is 17.0 Å². The first-order chi connectivity index (χ1) is 10.9. The number of carbonyl (C=O) groups excluding carboxylic acids is 1. The molecule has 0 aromatic heterocycles. The SMILES string of the molecule is CS(=O)(=O)SCCOCCOCCOC(=O)c1ccc(N)cc1. The van der Waals surface area contributed by atoms with Crippen molar-refractivity contribution < 1.29 is 27.4 Å². The van der Waals surface area contributed by atoms with E-state index in [-0.39, 0.29) is 13.2 Å². The third kappa shape index (κ3) is 10.2. The highest BCUT2D eigenvalue weighted by Gasteiger charge is 2.06. The molecule has 1 aromatic rings. The van der Waals surface area contributed by atoms with Gasteiger partial charge in [0.05, 0.1) is 32.0 Å². The Morgan fingerprint density at radius 3 is 2.22 bits per heavy atom. The largest absolute Gasteiger partial charge is 0.460 e. The third-order valence-corrected chi connectivity index (χ3v) is 5.05. The van der Waals surface area contributed by atoms with E-state index in [2.05, 4.69) is 0 Å². The van der Waals surface area contributed by atoms with Gasteiger partial charge in [0.1, 0.15) is 6.61 Å². The van der Waals surface area contributed by atoms with Gasteiger partial charge in [-0.2, -0.15) is 0 Å². The van der Waals surface area contributed by atoms with Gasteiger partial charge in [-0.05, 0) is 35.1 Å². The summed E-state index contributed by atoms with van der Waals surface area (Å²) in [6.07, 6.45) is 1.16. The lowest BCUT2D eigenvalue weighted by atomic mass is 10.2. The summed E-state index contributed by atoms with van der Waals surface area (Å²) < 4.78 is 37.2. The van der Waals surface area contributed by atoms with Crippen molar-refractivity contribution in [3.05, 3.63) is 29.8 Å². The standard InChI is InChI=1S/C14H21NO6S2/c1-23(17,18)22-11-10-20-7-6-19-8-9-21-14(16)12-2-4-13(15)5-3-12/h2-5H,6-11,15H2,1H3. The highest BCUT2D eigenvalue weighted by atomic mass is 33.1. The van der Waals surface area contributed by atoms with Crippen LogP contribution in [0.2, 0.25) is 0 Å². The van der Waals surface area contributed by atoms with Gasteiger partial charge in [-0.1, -0.05) is 0 Å². The molecule has 0 saturated carbocycles. The fourth-order valence-electron chi connectivity index (χ4n) is 1.46. The molecule has 1 aromatic carbocycles. The van der Waals surface area contributed by atoms with E-state index >= 15 is 0 Å². The second-order valence-electron chi connectivity index (χ2n) is 4.51. The van der Waals surface area contributed by atoms with E-state index in [4.69, 9.17) is 19.9 Å². The van der Waals surface area contributed by atoms with E-state index < -0.39 is 14.8 Å². The molecule has 0 spiro atoms. The van der Waals surface area contributed by atoms with Gasteiger partial charge in [0.15, 0.2) is 8.87 Å². The van der Waals surface area contributed by atoms with Crippen LogP contribution in [0.5, 0.6) is 0 Å². The van der Waals surface area contributed by atoms with Crippen molar-refractivity contribution in [1.29, 1.82) is 0 Å². The van der Waals surface area contributed by atoms with Gasteiger partial charge in [-0.15, -0.1) is 0 Å². The molecule has 0 fully saturated rings. The van der Waals surface area contributed by atoms with Crippen LogP contribution in [-0.4, -0.2) is 59.4 Å². The molecule has 0 unspecified atom stereocenters. The summed E-state index contributed by atoms with van der Waals surface area (Å²) in [7, 11) is -2.16. The molecule has 1 rings (SSSR count). The number of rotatable bonds is 11. The Labute approximate surface area is 139 Å². The maximum atomic E-state index is 11.6. The lowest BCUT2D eigenvalue weighted by Crippen LogP contribution is -2.13. The number of nitrogen functional groups attached to an aromatic ring is 1. The lowest BCUT2D eigenvalue weighted by molar-refractivity contribution is 0.0167. The minimum atomic E-state index is -3.01. The zero-order chi connectivity index (χ0) is 17.1. The molecule has 0 radical (unpaired) electrons. The fourth-order valence-corrected chi connectivity index (χ4v) is 3.06. The van der Waals surface area contributed by atoms with Crippen molar-refractivity contribution in [3.8, 4) is 0 Å². The molecule has 0 saturated heterocycles. The Morgan fingerprint density at radius 1 is 1.04 bits per heavy atom. The average Bonchev–Trinajstić information content (AvgIpc) is 2.48. The van der Waals surface area contributed by atoms with Crippen molar-refractivity contribution in [3.63, 3.8) is 0 Å². The number of esters is 1. The number of hydrogen-bond acceptors (Lipinski definition) is 8. The van der Waals surface area contributed by atoms with E-state index in [0.29, 0.717) is 36.8 Å². The van der Waals surface area contributed by atoms with Crippen LogP contribution in [0, 0.1) is 0 Å². The van der Waals surface area contributed by atoms with Gasteiger partial charge >= 0.3 is 5.97 Å². The summed E-state index contributed by atoms with van der Waals surface area (Å²) in [6, 6.07) is 6.46. The van der Waals surface area contributed by atoms with Crippen LogP contribution in [0.1, 0.15) is 10.4 Å². The van der Waals surface area contributed by atoms with E-state index in [9.17, 15) is 13.2 Å². The van der Waals surface area contributed by atoms with Crippen molar-refractivity contribution in [2.75, 3.05) is 50.8 Å². The zero-order valence-electron chi connectivity index (χ0n) is 12.9. The molecule has 0 atom stereocenters. The number of anilines is 1. The summed E-state index contributed by atoms with van der Waals surface area (Å²) in [6.45, 7) is 1.46. The van der Waals surface area contributed by atoms with Crippen LogP contribution in [0.4, 0.5) is 5.69 Å². The lowest BCUT2D eigenvalue weighted by Gasteiger charge is -2.07. The normalized spacial score (nSPS) is 11.3. The van der Waals surface area contributed by atoms with Crippen LogP contribution in [0.25, 0.3) is 0 Å². The monoisotopic (exact) mass is 363 g/mol. The predicted octanol–water partition coefficient (Wildman–Crippen LogP) is 1.15. The summed E-state index contributed by atoms with van der Waals surface area (Å²) >= 11 is 0. The smallest absolute Gasteiger partial charge is 0.338 e. The summed E-state index contributed by atoms with van der Waals surface area (Å²) in [5, 5.41) is 0. The molecular formula is C14H21NO6S2. The molecule has 2 N–H and O–H groups in total. The van der Waals surface area contributed by atoms with Crippen LogP contribution in [-0.2, 0) is 23.1 Å². The van der Waals surface area contributed by atoms with Crippen molar-refractivity contribution in [2.45, 2.75) is 0 Å². The molecule has 0 amide bonds. The molecule has 0 bridgehead atoms. The number of nitrogens with two attached hydrogens (primary N) is 1. The first kappa shape index (κ1) is 19.8. The molecule has 0 aliphatic rings. The summed E-state index contributed by atoms with van der Waals surface area (Å²) in [5.41, 5.74) is 6.55. The first-order valence-corrected chi connectivity index (χ1v) is 10.3. The molecule has 0 heterocycles. The second kappa shape index (κ2) is 10.5. The predicted molar refractivity (Wildman–Crippen MR) is 90.1 cm³/mol.